The number of carbonyl (C=O) groups excluding carboxylic acids is 3. The van der Waals surface area contributed by atoms with Gasteiger partial charge < -0.3 is 25.2 Å². The van der Waals surface area contributed by atoms with Crippen LogP contribution in [0.2, 0.25) is 0 Å². The Kier molecular flexibility index (Phi) is 8.57. The summed E-state index contributed by atoms with van der Waals surface area (Å²) in [5.41, 5.74) is 3.40. The van der Waals surface area contributed by atoms with Gasteiger partial charge in [0.2, 0.25) is 5.91 Å². The number of carbonyl (C=O) groups is 3. The Morgan fingerprint density at radius 2 is 1.65 bits per heavy atom. The van der Waals surface area contributed by atoms with Gasteiger partial charge in [-0.25, -0.2) is 0 Å². The van der Waals surface area contributed by atoms with Crippen molar-refractivity contribution in [2.45, 2.75) is 13.8 Å². The number of hydrogen-bond donors (Lipinski definition) is 3. The van der Waals surface area contributed by atoms with Crippen molar-refractivity contribution in [3.63, 3.8) is 0 Å². The van der Waals surface area contributed by atoms with E-state index in [4.69, 9.17) is 4.74 Å². The molecule has 0 aliphatic carbocycles. The van der Waals surface area contributed by atoms with Crippen LogP contribution in [0.1, 0.15) is 11.1 Å². The predicted molar refractivity (Wildman–Crippen MR) is 120 cm³/mol. The van der Waals surface area contributed by atoms with Crippen LogP contribution in [0.4, 0.5) is 11.4 Å². The molecule has 0 fully saturated rings. The summed E-state index contributed by atoms with van der Waals surface area (Å²) in [5.74, 6) is 0.0204. The van der Waals surface area contributed by atoms with Gasteiger partial charge in [0, 0.05) is 18.4 Å². The van der Waals surface area contributed by atoms with Crippen molar-refractivity contribution in [1.82, 2.24) is 4.90 Å². The van der Waals surface area contributed by atoms with E-state index in [0.717, 1.165) is 21.7 Å². The van der Waals surface area contributed by atoms with Crippen LogP contribution < -0.4 is 20.3 Å². The molecule has 166 valence electrons. The molecule has 1 atom stereocenters. The maximum absolute atomic E-state index is 12.5. The molecular weight excluding hydrogens is 396 g/mol. The second-order valence-corrected chi connectivity index (χ2v) is 7.70. The van der Waals surface area contributed by atoms with Crippen LogP contribution in [-0.4, -0.2) is 63.5 Å². The molecule has 2 aromatic rings. The van der Waals surface area contributed by atoms with E-state index in [-0.39, 0.29) is 37.4 Å². The summed E-state index contributed by atoms with van der Waals surface area (Å²) in [5, 5.41) is 5.64. The highest BCUT2D eigenvalue weighted by molar-refractivity contribution is 5.95. The normalized spacial score (nSPS) is 11.4. The topological polar surface area (TPSA) is 92.2 Å². The molecule has 8 heteroatoms. The number of anilines is 2. The monoisotopic (exact) mass is 427 g/mol. The number of nitrogens with one attached hydrogen (secondary N) is 3. The molecule has 0 aliphatic rings. The average molecular weight is 428 g/mol. The fourth-order valence-electron chi connectivity index (χ4n) is 2.97. The Labute approximate surface area is 183 Å². The number of likely N-dealkylation sites (N-methyl/N-ethyl adjacent to an activating group) is 2. The Morgan fingerprint density at radius 1 is 0.968 bits per heavy atom. The molecule has 3 amide bonds. The second-order valence-electron chi connectivity index (χ2n) is 7.70. The fourth-order valence-corrected chi connectivity index (χ4v) is 2.97. The largest absolute Gasteiger partial charge is 0.497 e. The van der Waals surface area contributed by atoms with Gasteiger partial charge in [-0.3, -0.25) is 14.4 Å². The molecule has 0 saturated heterocycles. The van der Waals surface area contributed by atoms with Gasteiger partial charge in [0.05, 0.1) is 20.7 Å². The second kappa shape index (κ2) is 11.1. The smallest absolute Gasteiger partial charge is 0.279 e. The van der Waals surface area contributed by atoms with E-state index in [9.17, 15) is 14.4 Å². The Bertz CT molecular complexity index is 928. The molecular formula is C23H31N4O4+. The zero-order valence-corrected chi connectivity index (χ0v) is 18.7. The summed E-state index contributed by atoms with van der Waals surface area (Å²) >= 11 is 0. The van der Waals surface area contributed by atoms with Crippen molar-refractivity contribution >= 4 is 29.1 Å². The molecule has 0 radical (unpaired) electrons. The average Bonchev–Trinajstić information content (AvgIpc) is 2.70. The number of rotatable bonds is 9. The van der Waals surface area contributed by atoms with E-state index >= 15 is 0 Å². The lowest BCUT2D eigenvalue weighted by Gasteiger charge is -2.20. The van der Waals surface area contributed by atoms with Crippen LogP contribution >= 0.6 is 0 Å². The van der Waals surface area contributed by atoms with Crippen LogP contribution in [0.3, 0.4) is 0 Å². The van der Waals surface area contributed by atoms with Gasteiger partial charge in [0.15, 0.2) is 13.1 Å². The highest BCUT2D eigenvalue weighted by Crippen LogP contribution is 2.16. The SMILES string of the molecule is COc1ccc(NC(=O)C[NH+](C)CC(=O)N(C)CC(=O)Nc2cc(C)ccc2C)cc1. The summed E-state index contributed by atoms with van der Waals surface area (Å²) in [6, 6.07) is 12.8. The Balaban J connectivity index is 1.79. The number of quaternary nitrogens is 1. The first-order chi connectivity index (χ1) is 14.7. The van der Waals surface area contributed by atoms with Crippen LogP contribution in [0.5, 0.6) is 5.75 Å². The number of nitrogens with zero attached hydrogens (tertiary/aromatic N) is 1. The van der Waals surface area contributed by atoms with Crippen LogP contribution in [0.25, 0.3) is 0 Å². The van der Waals surface area contributed by atoms with Crippen LogP contribution in [0.15, 0.2) is 42.5 Å². The van der Waals surface area contributed by atoms with Gasteiger partial charge in [-0.2, -0.15) is 0 Å². The van der Waals surface area contributed by atoms with E-state index in [0.29, 0.717) is 11.4 Å². The number of methoxy groups -OCH3 is 1. The van der Waals surface area contributed by atoms with E-state index < -0.39 is 0 Å². The fraction of sp³-hybridized carbons (Fsp3) is 0.348. The minimum absolute atomic E-state index is 0.0580. The van der Waals surface area contributed by atoms with E-state index in [1.165, 1.54) is 4.90 Å². The van der Waals surface area contributed by atoms with Gasteiger partial charge in [0.1, 0.15) is 5.75 Å². The Hall–Kier alpha value is -3.39. The molecule has 0 aliphatic heterocycles. The van der Waals surface area contributed by atoms with E-state index in [1.54, 1.807) is 45.5 Å². The summed E-state index contributed by atoms with van der Waals surface area (Å²) in [4.78, 5) is 39.1. The maximum atomic E-state index is 12.5. The third kappa shape index (κ3) is 7.75. The minimum atomic E-state index is -0.264. The number of aryl methyl sites for hydroxylation is 2. The lowest BCUT2D eigenvalue weighted by atomic mass is 10.1. The molecule has 0 saturated carbocycles. The van der Waals surface area contributed by atoms with E-state index in [1.807, 2.05) is 32.0 Å². The molecule has 1 unspecified atom stereocenters. The predicted octanol–water partition coefficient (Wildman–Crippen LogP) is 0.862. The van der Waals surface area contributed by atoms with Gasteiger partial charge >= 0.3 is 0 Å². The molecule has 0 aromatic heterocycles. The van der Waals surface area contributed by atoms with Crippen molar-refractivity contribution in [1.29, 1.82) is 0 Å². The molecule has 2 rings (SSSR count). The van der Waals surface area contributed by atoms with Crippen molar-refractivity contribution in [2.24, 2.45) is 0 Å². The first-order valence-corrected chi connectivity index (χ1v) is 10.0. The summed E-state index contributed by atoms with van der Waals surface area (Å²) in [6.45, 7) is 4.04. The lowest BCUT2D eigenvalue weighted by Crippen LogP contribution is -3.11. The zero-order chi connectivity index (χ0) is 23.0. The van der Waals surface area contributed by atoms with Crippen molar-refractivity contribution in [2.75, 3.05) is 51.5 Å². The number of hydrogen-bond acceptors (Lipinski definition) is 4. The standard InChI is InChI=1S/C23H30N4O4/c1-16-6-7-17(2)20(12-16)25-22(29)14-27(4)23(30)15-26(3)13-21(28)24-18-8-10-19(31-5)11-9-18/h6-12H,13-15H2,1-5H3,(H,24,28)(H,25,29)/p+1. The van der Waals surface area contributed by atoms with Crippen molar-refractivity contribution in [3.05, 3.63) is 53.6 Å². The summed E-state index contributed by atoms with van der Waals surface area (Å²) in [7, 11) is 4.92. The van der Waals surface area contributed by atoms with Gasteiger partial charge in [-0.05, 0) is 55.3 Å². The van der Waals surface area contributed by atoms with Gasteiger partial charge in [0.25, 0.3) is 11.8 Å². The van der Waals surface area contributed by atoms with Crippen LogP contribution in [0, 0.1) is 13.8 Å². The summed E-state index contributed by atoms with van der Waals surface area (Å²) < 4.78 is 5.09. The molecule has 0 spiro atoms. The summed E-state index contributed by atoms with van der Waals surface area (Å²) in [6.07, 6.45) is 0. The first kappa shape index (κ1) is 23.9. The van der Waals surface area contributed by atoms with Gasteiger partial charge in [-0.1, -0.05) is 12.1 Å². The Morgan fingerprint density at radius 3 is 2.29 bits per heavy atom. The molecule has 31 heavy (non-hydrogen) atoms. The minimum Gasteiger partial charge on any atom is -0.497 e. The third-order valence-corrected chi connectivity index (χ3v) is 4.76. The molecule has 8 nitrogen and oxygen atoms in total. The lowest BCUT2D eigenvalue weighted by molar-refractivity contribution is -0.862. The highest BCUT2D eigenvalue weighted by atomic mass is 16.5. The van der Waals surface area contributed by atoms with E-state index in [2.05, 4.69) is 10.6 Å². The number of ether oxygens (including phenoxy) is 1. The molecule has 2 aromatic carbocycles. The highest BCUT2D eigenvalue weighted by Gasteiger charge is 2.19. The number of amides is 3. The first-order valence-electron chi connectivity index (χ1n) is 10.0. The van der Waals surface area contributed by atoms with Crippen molar-refractivity contribution in [3.8, 4) is 5.75 Å². The van der Waals surface area contributed by atoms with Gasteiger partial charge in [-0.15, -0.1) is 0 Å². The molecule has 3 N–H and O–H groups in total. The quantitative estimate of drug-likeness (QED) is 0.554. The van der Waals surface area contributed by atoms with Crippen LogP contribution in [-0.2, 0) is 14.4 Å². The number of benzene rings is 2. The maximum Gasteiger partial charge on any atom is 0.279 e. The van der Waals surface area contributed by atoms with Crippen molar-refractivity contribution < 1.29 is 24.0 Å². The molecule has 0 heterocycles. The zero-order valence-electron chi connectivity index (χ0n) is 18.7. The third-order valence-electron chi connectivity index (χ3n) is 4.76. The molecule has 0 bridgehead atoms.